The van der Waals surface area contributed by atoms with Crippen LogP contribution in [0, 0.1) is 5.41 Å². The molecule has 3 aromatic rings. The molecule has 0 aliphatic carbocycles. The highest BCUT2D eigenvalue weighted by molar-refractivity contribution is 6.07. The highest BCUT2D eigenvalue weighted by Crippen LogP contribution is 2.36. The zero-order chi connectivity index (χ0) is 22.9. The van der Waals surface area contributed by atoms with Crippen molar-refractivity contribution in [3.05, 3.63) is 48.0 Å². The molecule has 0 unspecified atom stereocenters. The van der Waals surface area contributed by atoms with Crippen LogP contribution in [0.3, 0.4) is 0 Å². The highest BCUT2D eigenvalue weighted by Gasteiger charge is 2.41. The third-order valence-corrected chi connectivity index (χ3v) is 5.51. The van der Waals surface area contributed by atoms with E-state index in [1.807, 2.05) is 27.0 Å². The minimum atomic E-state index is -0.441. The predicted octanol–water partition coefficient (Wildman–Crippen LogP) is 2.13. The van der Waals surface area contributed by atoms with Gasteiger partial charge in [-0.3, -0.25) is 19.2 Å². The van der Waals surface area contributed by atoms with Crippen molar-refractivity contribution in [3.63, 3.8) is 0 Å². The maximum absolute atomic E-state index is 13.0. The van der Waals surface area contributed by atoms with E-state index in [1.54, 1.807) is 51.9 Å². The molecule has 168 valence electrons. The van der Waals surface area contributed by atoms with Gasteiger partial charge < -0.3 is 10.6 Å². The van der Waals surface area contributed by atoms with E-state index in [0.717, 1.165) is 18.5 Å². The molecule has 4 rings (SSSR count). The average Bonchev–Trinajstić information content (AvgIpc) is 3.45. The average molecular weight is 437 g/mol. The van der Waals surface area contributed by atoms with Crippen LogP contribution in [0.25, 0.3) is 5.82 Å². The van der Waals surface area contributed by atoms with Gasteiger partial charge in [-0.2, -0.15) is 10.2 Å². The number of anilines is 2. The topological polar surface area (TPSA) is 110 Å². The lowest BCUT2D eigenvalue weighted by Crippen LogP contribution is -2.32. The number of aromatic nitrogens is 5. The van der Waals surface area contributed by atoms with Crippen LogP contribution >= 0.6 is 0 Å². The summed E-state index contributed by atoms with van der Waals surface area (Å²) < 4.78 is 3.23. The first-order chi connectivity index (χ1) is 15.3. The second-order valence-corrected chi connectivity index (χ2v) is 8.54. The van der Waals surface area contributed by atoms with Crippen LogP contribution in [0.1, 0.15) is 43.2 Å². The number of amides is 2. The monoisotopic (exact) mass is 436 g/mol. The second kappa shape index (κ2) is 8.54. The predicted molar refractivity (Wildman–Crippen MR) is 121 cm³/mol. The molecule has 1 aliphatic rings. The first kappa shape index (κ1) is 21.7. The Labute approximate surface area is 186 Å². The standard InChI is InChI=1S/C22H28N8O2/c1-5-23-11-15-12-24-30(13-15)18-8-6-7-16(25-18)20(31)26-17-14-28(4)27-19(17)29-10-9-22(2,3)21(29)32/h6-8,12-14,23H,5,9-11H2,1-4H3,(H,26,31). The molecule has 1 fully saturated rings. The number of rotatable bonds is 7. The lowest BCUT2D eigenvalue weighted by atomic mass is 9.92. The van der Waals surface area contributed by atoms with Gasteiger partial charge in [0.1, 0.15) is 11.4 Å². The Balaban J connectivity index is 1.54. The SMILES string of the molecule is CCNCc1cnn(-c2cccc(C(=O)Nc3cn(C)nc3N3CCC(C)(C)C3=O)n2)c1. The van der Waals surface area contributed by atoms with E-state index >= 15 is 0 Å². The number of nitrogens with one attached hydrogen (secondary N) is 2. The summed E-state index contributed by atoms with van der Waals surface area (Å²) in [5.41, 5.74) is 1.31. The molecule has 4 heterocycles. The van der Waals surface area contributed by atoms with Gasteiger partial charge in [0.25, 0.3) is 5.91 Å². The minimum Gasteiger partial charge on any atom is -0.316 e. The molecule has 10 nitrogen and oxygen atoms in total. The van der Waals surface area contributed by atoms with Crippen LogP contribution < -0.4 is 15.5 Å². The molecule has 10 heteroatoms. The lowest BCUT2D eigenvalue weighted by molar-refractivity contribution is -0.124. The van der Waals surface area contributed by atoms with Gasteiger partial charge in [0.15, 0.2) is 11.6 Å². The van der Waals surface area contributed by atoms with Crippen molar-refractivity contribution in [2.45, 2.75) is 33.7 Å². The van der Waals surface area contributed by atoms with Crippen molar-refractivity contribution in [2.75, 3.05) is 23.3 Å². The van der Waals surface area contributed by atoms with E-state index in [0.29, 0.717) is 30.4 Å². The fourth-order valence-corrected chi connectivity index (χ4v) is 3.64. The highest BCUT2D eigenvalue weighted by atomic mass is 16.2. The van der Waals surface area contributed by atoms with E-state index in [4.69, 9.17) is 0 Å². The van der Waals surface area contributed by atoms with Gasteiger partial charge in [0.05, 0.1) is 12.4 Å². The van der Waals surface area contributed by atoms with Crippen molar-refractivity contribution in [1.29, 1.82) is 0 Å². The first-order valence-corrected chi connectivity index (χ1v) is 10.7. The van der Waals surface area contributed by atoms with Crippen molar-refractivity contribution < 1.29 is 9.59 Å². The van der Waals surface area contributed by atoms with E-state index in [-0.39, 0.29) is 17.5 Å². The number of pyridine rings is 1. The molecule has 32 heavy (non-hydrogen) atoms. The van der Waals surface area contributed by atoms with Crippen molar-refractivity contribution in [2.24, 2.45) is 12.5 Å². The van der Waals surface area contributed by atoms with Crippen molar-refractivity contribution in [3.8, 4) is 5.82 Å². The third kappa shape index (κ3) is 4.26. The molecule has 0 saturated carbocycles. The molecule has 2 N–H and O–H groups in total. The Kier molecular flexibility index (Phi) is 5.79. The molecule has 0 aromatic carbocycles. The summed E-state index contributed by atoms with van der Waals surface area (Å²) in [5, 5.41) is 14.9. The fourth-order valence-electron chi connectivity index (χ4n) is 3.64. The lowest BCUT2D eigenvalue weighted by Gasteiger charge is -2.18. The molecule has 0 spiro atoms. The van der Waals surface area contributed by atoms with E-state index in [9.17, 15) is 9.59 Å². The van der Waals surface area contributed by atoms with Crippen LogP contribution in [-0.2, 0) is 18.4 Å². The van der Waals surface area contributed by atoms with E-state index in [2.05, 4.69) is 25.8 Å². The molecular weight excluding hydrogens is 408 g/mol. The van der Waals surface area contributed by atoms with Crippen molar-refractivity contribution >= 4 is 23.3 Å². The van der Waals surface area contributed by atoms with Crippen LogP contribution in [-0.4, -0.2) is 49.4 Å². The number of hydrogen-bond acceptors (Lipinski definition) is 6. The summed E-state index contributed by atoms with van der Waals surface area (Å²) in [4.78, 5) is 31.8. The summed E-state index contributed by atoms with van der Waals surface area (Å²) in [5.74, 6) is 0.613. The van der Waals surface area contributed by atoms with Gasteiger partial charge in [-0.1, -0.05) is 26.8 Å². The van der Waals surface area contributed by atoms with Crippen LogP contribution in [0.5, 0.6) is 0 Å². The zero-order valence-electron chi connectivity index (χ0n) is 18.8. The van der Waals surface area contributed by atoms with Gasteiger partial charge in [-0.25, -0.2) is 9.67 Å². The second-order valence-electron chi connectivity index (χ2n) is 8.54. The van der Waals surface area contributed by atoms with E-state index in [1.165, 1.54) is 0 Å². The van der Waals surface area contributed by atoms with Crippen LogP contribution in [0.4, 0.5) is 11.5 Å². The molecule has 2 amide bonds. The molecule has 1 aliphatic heterocycles. The number of carbonyl (C=O) groups is 2. The Hall–Kier alpha value is -3.53. The van der Waals surface area contributed by atoms with E-state index < -0.39 is 5.41 Å². The summed E-state index contributed by atoms with van der Waals surface area (Å²) in [7, 11) is 1.76. The molecule has 3 aromatic heterocycles. The Morgan fingerprint density at radius 3 is 2.78 bits per heavy atom. The molecule has 0 radical (unpaired) electrons. The van der Waals surface area contributed by atoms with Gasteiger partial charge >= 0.3 is 0 Å². The summed E-state index contributed by atoms with van der Waals surface area (Å²) in [6, 6.07) is 5.20. The van der Waals surface area contributed by atoms with Crippen molar-refractivity contribution in [1.82, 2.24) is 29.9 Å². The van der Waals surface area contributed by atoms with Gasteiger partial charge in [0.2, 0.25) is 5.91 Å². The zero-order valence-corrected chi connectivity index (χ0v) is 18.8. The Morgan fingerprint density at radius 2 is 2.06 bits per heavy atom. The van der Waals surface area contributed by atoms with Gasteiger partial charge in [0, 0.05) is 37.3 Å². The smallest absolute Gasteiger partial charge is 0.274 e. The quantitative estimate of drug-likeness (QED) is 0.587. The number of aryl methyl sites for hydroxylation is 1. The summed E-state index contributed by atoms with van der Waals surface area (Å²) in [6.07, 6.45) is 6.08. The third-order valence-electron chi connectivity index (χ3n) is 5.51. The van der Waals surface area contributed by atoms with Crippen LogP contribution in [0.15, 0.2) is 36.8 Å². The van der Waals surface area contributed by atoms with Gasteiger partial charge in [-0.15, -0.1) is 0 Å². The number of nitrogens with zero attached hydrogens (tertiary/aromatic N) is 6. The number of carbonyl (C=O) groups excluding carboxylic acids is 2. The molecule has 1 saturated heterocycles. The first-order valence-electron chi connectivity index (χ1n) is 10.7. The summed E-state index contributed by atoms with van der Waals surface area (Å²) >= 11 is 0. The normalized spacial score (nSPS) is 15.4. The largest absolute Gasteiger partial charge is 0.316 e. The summed E-state index contributed by atoms with van der Waals surface area (Å²) in [6.45, 7) is 8.04. The Bertz CT molecular complexity index is 1150. The fraction of sp³-hybridized carbons (Fsp3) is 0.409. The Morgan fingerprint density at radius 1 is 1.25 bits per heavy atom. The van der Waals surface area contributed by atoms with Crippen LogP contribution in [0.2, 0.25) is 0 Å². The minimum absolute atomic E-state index is 0.00105. The molecular formula is C22H28N8O2. The number of hydrogen-bond donors (Lipinski definition) is 2. The maximum atomic E-state index is 13.0. The molecule has 0 bridgehead atoms. The maximum Gasteiger partial charge on any atom is 0.274 e. The van der Waals surface area contributed by atoms with Gasteiger partial charge in [-0.05, 0) is 25.1 Å². The molecule has 0 atom stereocenters.